The number of aryl methyl sites for hydroxylation is 2. The monoisotopic (exact) mass is 350 g/mol. The number of hydrogen-bond acceptors (Lipinski definition) is 2. The fraction of sp³-hybridized carbons (Fsp3) is 0.417. The minimum absolute atomic E-state index is 0.241. The maximum atomic E-state index is 6.01. The number of benzene rings is 2. The molecule has 0 aliphatic carbocycles. The van der Waals surface area contributed by atoms with Crippen LogP contribution in [0.25, 0.3) is 0 Å². The van der Waals surface area contributed by atoms with Crippen LogP contribution in [0.3, 0.4) is 0 Å². The van der Waals surface area contributed by atoms with E-state index in [0.29, 0.717) is 19.1 Å². The van der Waals surface area contributed by atoms with Crippen LogP contribution in [0.2, 0.25) is 0 Å². The summed E-state index contributed by atoms with van der Waals surface area (Å²) in [6.07, 6.45) is 8.56. The Morgan fingerprint density at radius 2 is 1.42 bits per heavy atom. The summed E-state index contributed by atoms with van der Waals surface area (Å²) in [5.41, 5.74) is 5.17. The van der Waals surface area contributed by atoms with Crippen LogP contribution in [0.5, 0.6) is 0 Å². The van der Waals surface area contributed by atoms with E-state index in [9.17, 15) is 0 Å². The molecule has 2 heteroatoms. The first kappa shape index (κ1) is 18.9. The molecule has 0 amide bonds. The molecular weight excluding hydrogens is 320 g/mol. The van der Waals surface area contributed by atoms with Crippen molar-refractivity contribution in [3.8, 4) is 0 Å². The third kappa shape index (κ3) is 5.06. The average molecular weight is 351 g/mol. The lowest BCUT2D eigenvalue weighted by molar-refractivity contribution is -0.191. The summed E-state index contributed by atoms with van der Waals surface area (Å²) >= 11 is 0. The average Bonchev–Trinajstić information content (AvgIpc) is 2.70. The summed E-state index contributed by atoms with van der Waals surface area (Å²) < 4.78 is 12.0. The van der Waals surface area contributed by atoms with Crippen LogP contribution in [-0.2, 0) is 22.3 Å². The van der Waals surface area contributed by atoms with Crippen LogP contribution in [0.4, 0.5) is 0 Å². The van der Waals surface area contributed by atoms with E-state index in [1.54, 1.807) is 0 Å². The molecule has 1 fully saturated rings. The van der Waals surface area contributed by atoms with Crippen LogP contribution in [-0.4, -0.2) is 13.2 Å². The molecule has 1 aliphatic heterocycles. The van der Waals surface area contributed by atoms with Crippen LogP contribution in [0, 0.1) is 0 Å². The van der Waals surface area contributed by atoms with Gasteiger partial charge in [-0.05, 0) is 42.9 Å². The quantitative estimate of drug-likeness (QED) is 0.572. The largest absolute Gasteiger partial charge is 0.348 e. The van der Waals surface area contributed by atoms with E-state index in [1.165, 1.54) is 23.1 Å². The van der Waals surface area contributed by atoms with Gasteiger partial charge >= 0.3 is 0 Å². The van der Waals surface area contributed by atoms with E-state index in [4.69, 9.17) is 9.47 Å². The maximum Gasteiger partial charge on any atom is 0.183 e. The SMILES string of the molecule is CC=CCCc1ccc(C2OCC(c3ccc(CCC)cc3)CO2)cc1. The van der Waals surface area contributed by atoms with Crippen LogP contribution in [0.1, 0.15) is 61.2 Å². The fourth-order valence-corrected chi connectivity index (χ4v) is 3.39. The molecule has 2 nitrogen and oxygen atoms in total. The number of rotatable bonds is 7. The van der Waals surface area contributed by atoms with Gasteiger partial charge in [0.1, 0.15) is 0 Å². The lowest BCUT2D eigenvalue weighted by Gasteiger charge is -2.30. The summed E-state index contributed by atoms with van der Waals surface area (Å²) in [4.78, 5) is 0. The highest BCUT2D eigenvalue weighted by atomic mass is 16.7. The van der Waals surface area contributed by atoms with Gasteiger partial charge in [-0.25, -0.2) is 0 Å². The summed E-state index contributed by atoms with van der Waals surface area (Å²) in [5, 5.41) is 0. The van der Waals surface area contributed by atoms with Crippen molar-refractivity contribution in [3.63, 3.8) is 0 Å². The summed E-state index contributed by atoms with van der Waals surface area (Å²) in [6, 6.07) is 17.6. The molecule has 0 N–H and O–H groups in total. The third-order valence-corrected chi connectivity index (χ3v) is 4.97. The molecule has 0 radical (unpaired) electrons. The van der Waals surface area contributed by atoms with Crippen molar-refractivity contribution in [2.24, 2.45) is 0 Å². The topological polar surface area (TPSA) is 18.5 Å². The molecule has 0 bridgehead atoms. The lowest BCUT2D eigenvalue weighted by atomic mass is 9.97. The Morgan fingerprint density at radius 1 is 0.846 bits per heavy atom. The highest BCUT2D eigenvalue weighted by Crippen LogP contribution is 2.30. The molecular formula is C24H30O2. The molecule has 138 valence electrons. The van der Waals surface area contributed by atoms with Crippen molar-refractivity contribution < 1.29 is 9.47 Å². The smallest absolute Gasteiger partial charge is 0.183 e. The predicted octanol–water partition coefficient (Wildman–Crippen LogP) is 5.98. The minimum Gasteiger partial charge on any atom is -0.348 e. The van der Waals surface area contributed by atoms with Crippen molar-refractivity contribution in [1.82, 2.24) is 0 Å². The molecule has 0 spiro atoms. The van der Waals surface area contributed by atoms with Gasteiger partial charge in [-0.15, -0.1) is 0 Å². The van der Waals surface area contributed by atoms with E-state index in [1.807, 2.05) is 0 Å². The standard InChI is InChI=1S/C24H30O2/c1-3-5-6-8-20-11-15-22(16-12-20)24-25-17-23(18-26-24)21-13-9-19(7-4-2)10-14-21/h3,5,9-16,23-24H,4,6-8,17-18H2,1-2H3. The molecule has 3 rings (SSSR count). The summed E-state index contributed by atoms with van der Waals surface area (Å²) in [6.45, 7) is 5.70. The predicted molar refractivity (Wildman–Crippen MR) is 107 cm³/mol. The zero-order valence-electron chi connectivity index (χ0n) is 16.0. The van der Waals surface area contributed by atoms with Gasteiger partial charge in [0.15, 0.2) is 6.29 Å². The second-order valence-corrected chi connectivity index (χ2v) is 7.04. The summed E-state index contributed by atoms with van der Waals surface area (Å²) in [7, 11) is 0. The maximum absolute atomic E-state index is 6.01. The molecule has 0 aromatic heterocycles. The Morgan fingerprint density at radius 3 is 2.00 bits per heavy atom. The van der Waals surface area contributed by atoms with Gasteiger partial charge in [0.05, 0.1) is 13.2 Å². The van der Waals surface area contributed by atoms with Crippen molar-refractivity contribution in [1.29, 1.82) is 0 Å². The van der Waals surface area contributed by atoms with Gasteiger partial charge in [-0.2, -0.15) is 0 Å². The molecule has 2 aromatic rings. The van der Waals surface area contributed by atoms with E-state index in [2.05, 4.69) is 74.5 Å². The first-order valence-corrected chi connectivity index (χ1v) is 9.82. The Kier molecular flexibility index (Phi) is 7.04. The van der Waals surface area contributed by atoms with Gasteiger partial charge in [0.2, 0.25) is 0 Å². The molecule has 26 heavy (non-hydrogen) atoms. The molecule has 0 atom stereocenters. The molecule has 0 unspecified atom stereocenters. The number of ether oxygens (including phenoxy) is 2. The van der Waals surface area contributed by atoms with E-state index in [-0.39, 0.29) is 6.29 Å². The van der Waals surface area contributed by atoms with E-state index < -0.39 is 0 Å². The lowest BCUT2D eigenvalue weighted by Crippen LogP contribution is -2.25. The first-order chi connectivity index (χ1) is 12.8. The Bertz CT molecular complexity index is 677. The van der Waals surface area contributed by atoms with Crippen molar-refractivity contribution in [2.75, 3.05) is 13.2 Å². The molecule has 1 aliphatic rings. The van der Waals surface area contributed by atoms with E-state index >= 15 is 0 Å². The highest BCUT2D eigenvalue weighted by Gasteiger charge is 2.24. The number of hydrogen-bond donors (Lipinski definition) is 0. The van der Waals surface area contributed by atoms with Crippen molar-refractivity contribution in [2.45, 2.75) is 51.7 Å². The van der Waals surface area contributed by atoms with Gasteiger partial charge in [-0.3, -0.25) is 0 Å². The van der Waals surface area contributed by atoms with Crippen LogP contribution in [0.15, 0.2) is 60.7 Å². The Balaban J connectivity index is 1.53. The molecule has 1 heterocycles. The second-order valence-electron chi connectivity index (χ2n) is 7.04. The normalized spacial score (nSPS) is 20.5. The fourth-order valence-electron chi connectivity index (χ4n) is 3.39. The molecule has 0 saturated carbocycles. The zero-order chi connectivity index (χ0) is 18.2. The third-order valence-electron chi connectivity index (χ3n) is 4.97. The highest BCUT2D eigenvalue weighted by molar-refractivity contribution is 5.27. The van der Waals surface area contributed by atoms with Crippen molar-refractivity contribution >= 4 is 0 Å². The van der Waals surface area contributed by atoms with Gasteiger partial charge in [0, 0.05) is 11.5 Å². The summed E-state index contributed by atoms with van der Waals surface area (Å²) in [5.74, 6) is 0.321. The first-order valence-electron chi connectivity index (χ1n) is 9.82. The zero-order valence-corrected chi connectivity index (χ0v) is 16.0. The van der Waals surface area contributed by atoms with Crippen LogP contribution >= 0.6 is 0 Å². The molecule has 2 aromatic carbocycles. The number of allylic oxidation sites excluding steroid dienone is 2. The van der Waals surface area contributed by atoms with Crippen molar-refractivity contribution in [3.05, 3.63) is 82.9 Å². The minimum atomic E-state index is -0.241. The van der Waals surface area contributed by atoms with Gasteiger partial charge in [-0.1, -0.05) is 74.0 Å². The van der Waals surface area contributed by atoms with Crippen LogP contribution < -0.4 is 0 Å². The second kappa shape index (κ2) is 9.70. The Hall–Kier alpha value is -1.90. The van der Waals surface area contributed by atoms with Gasteiger partial charge < -0.3 is 9.47 Å². The Labute approximate surface area is 157 Å². The van der Waals surface area contributed by atoms with Gasteiger partial charge in [0.25, 0.3) is 0 Å². The van der Waals surface area contributed by atoms with E-state index in [0.717, 1.165) is 24.8 Å². The molecule has 1 saturated heterocycles.